The lowest BCUT2D eigenvalue weighted by molar-refractivity contribution is 0.669. The van der Waals surface area contributed by atoms with E-state index in [4.69, 9.17) is 9.40 Å². The standard InChI is InChI=1S/C51H37B5N2O/c52-45-46(53)48(55)50(49(56)47(45)54)58-39-22-10-9-21-38(39)57-51(58)34-18-7-6-17-32(34)42-30-15-4-5-16-31(30)43(37-27-29(25-26-33(37)42)28-13-2-1-3-14-28)36-20-12-24-41-44(36)35-19-8-11-23-40(35)59-41/h1-27H,52-56H2. The molecule has 0 saturated carbocycles. The van der Waals surface area contributed by atoms with Crippen molar-refractivity contribution < 1.29 is 4.42 Å². The predicted octanol–water partition coefficient (Wildman–Crippen LogP) is 5.19. The zero-order valence-corrected chi connectivity index (χ0v) is 33.9. The van der Waals surface area contributed by atoms with Gasteiger partial charge in [0.1, 0.15) is 56.2 Å². The molecule has 0 unspecified atom stereocenters. The molecule has 0 aliphatic heterocycles. The summed E-state index contributed by atoms with van der Waals surface area (Å²) in [6.07, 6.45) is 0. The number of furan rings is 1. The molecule has 3 nitrogen and oxygen atoms in total. The molecule has 8 heteroatoms. The number of nitrogens with zero attached hydrogens (tertiary/aromatic N) is 2. The summed E-state index contributed by atoms with van der Waals surface area (Å²) in [6, 6.07) is 59.1. The second kappa shape index (κ2) is 13.6. The minimum Gasteiger partial charge on any atom is -0.456 e. The Hall–Kier alpha value is -6.91. The summed E-state index contributed by atoms with van der Waals surface area (Å²) in [5.41, 5.74) is 19.8. The number of benzene rings is 9. The van der Waals surface area contributed by atoms with E-state index in [1.54, 1.807) is 0 Å². The Kier molecular flexibility index (Phi) is 8.13. The molecule has 0 saturated heterocycles. The van der Waals surface area contributed by atoms with E-state index in [1.807, 2.05) is 6.07 Å². The molecule has 0 radical (unpaired) electrons. The number of rotatable bonds is 5. The van der Waals surface area contributed by atoms with Gasteiger partial charge in [0, 0.05) is 22.0 Å². The third-order valence-corrected chi connectivity index (χ3v) is 13.0. The number of hydrogen-bond acceptors (Lipinski definition) is 2. The monoisotopic (exact) mass is 748 g/mol. The smallest absolute Gasteiger partial charge is 0.146 e. The first kappa shape index (κ1) is 35.3. The van der Waals surface area contributed by atoms with Gasteiger partial charge in [0.15, 0.2) is 0 Å². The van der Waals surface area contributed by atoms with Crippen LogP contribution in [0.5, 0.6) is 0 Å². The number of imidazole rings is 1. The maximum Gasteiger partial charge on any atom is 0.146 e. The van der Waals surface area contributed by atoms with Crippen LogP contribution in [0.4, 0.5) is 0 Å². The fraction of sp³-hybridized carbons (Fsp3) is 0. The van der Waals surface area contributed by atoms with E-state index in [0.717, 1.165) is 55.5 Å². The molecular weight excluding hydrogens is 711 g/mol. The lowest BCUT2D eigenvalue weighted by atomic mass is 9.61. The molecule has 0 atom stereocenters. The van der Waals surface area contributed by atoms with Gasteiger partial charge in [-0.05, 0) is 85.3 Å². The first-order valence-corrected chi connectivity index (χ1v) is 20.5. The molecule has 0 aliphatic rings. The predicted molar refractivity (Wildman–Crippen MR) is 266 cm³/mol. The van der Waals surface area contributed by atoms with Crippen molar-refractivity contribution in [3.8, 4) is 50.5 Å². The van der Waals surface area contributed by atoms with Gasteiger partial charge in [-0.2, -0.15) is 0 Å². The van der Waals surface area contributed by atoms with Crippen molar-refractivity contribution in [1.82, 2.24) is 9.55 Å². The first-order chi connectivity index (χ1) is 28.9. The number of aromatic nitrogens is 2. The molecule has 0 bridgehead atoms. The number of fused-ring (bicyclic) bond motifs is 6. The van der Waals surface area contributed by atoms with Gasteiger partial charge in [0.05, 0.1) is 11.0 Å². The Bertz CT molecular complexity index is 3490. The van der Waals surface area contributed by atoms with Crippen molar-refractivity contribution in [1.29, 1.82) is 0 Å². The molecule has 2 aromatic heterocycles. The molecule has 0 amide bonds. The van der Waals surface area contributed by atoms with Crippen molar-refractivity contribution in [3.05, 3.63) is 164 Å². The zero-order valence-electron chi connectivity index (χ0n) is 33.9. The van der Waals surface area contributed by atoms with E-state index in [0.29, 0.717) is 0 Å². The van der Waals surface area contributed by atoms with Gasteiger partial charge in [-0.25, -0.2) is 4.98 Å². The summed E-state index contributed by atoms with van der Waals surface area (Å²) >= 11 is 0. The molecule has 11 rings (SSSR count). The lowest BCUT2D eigenvalue weighted by Crippen LogP contribution is -2.56. The highest BCUT2D eigenvalue weighted by atomic mass is 16.3. The summed E-state index contributed by atoms with van der Waals surface area (Å²) < 4.78 is 8.92. The van der Waals surface area contributed by atoms with Gasteiger partial charge >= 0.3 is 0 Å². The fourth-order valence-electron chi connectivity index (χ4n) is 9.70. The minimum atomic E-state index is 0.889. The Balaban J connectivity index is 1.28. The summed E-state index contributed by atoms with van der Waals surface area (Å²) in [5.74, 6) is 0.938. The lowest BCUT2D eigenvalue weighted by Gasteiger charge is -2.24. The molecule has 0 N–H and O–H groups in total. The van der Waals surface area contributed by atoms with Crippen molar-refractivity contribution in [2.45, 2.75) is 0 Å². The molecular formula is C51H37B5N2O. The van der Waals surface area contributed by atoms with E-state index in [1.165, 1.54) is 76.8 Å². The molecule has 11 aromatic rings. The fourth-order valence-corrected chi connectivity index (χ4v) is 9.70. The Labute approximate surface area is 347 Å². The van der Waals surface area contributed by atoms with E-state index in [-0.39, 0.29) is 0 Å². The van der Waals surface area contributed by atoms with E-state index in [9.17, 15) is 0 Å². The molecule has 272 valence electrons. The second-order valence-corrected chi connectivity index (χ2v) is 16.0. The van der Waals surface area contributed by atoms with E-state index in [2.05, 4.69) is 202 Å². The Morgan fingerprint density at radius 2 is 0.966 bits per heavy atom. The summed E-state index contributed by atoms with van der Waals surface area (Å²) in [5, 5.41) is 7.02. The van der Waals surface area contributed by atoms with Crippen LogP contribution in [0.1, 0.15) is 0 Å². The van der Waals surface area contributed by atoms with Crippen LogP contribution < -0.4 is 27.3 Å². The zero-order chi connectivity index (χ0) is 39.9. The van der Waals surface area contributed by atoms with Crippen LogP contribution in [0.2, 0.25) is 0 Å². The quantitative estimate of drug-likeness (QED) is 0.180. The molecule has 0 spiro atoms. The third-order valence-electron chi connectivity index (χ3n) is 13.0. The highest BCUT2D eigenvalue weighted by Gasteiger charge is 2.25. The van der Waals surface area contributed by atoms with Gasteiger partial charge in [0.2, 0.25) is 0 Å². The van der Waals surface area contributed by atoms with Gasteiger partial charge in [-0.15, -0.1) is 5.46 Å². The summed E-state index contributed by atoms with van der Waals surface area (Å²) in [6.45, 7) is 0. The molecule has 9 aromatic carbocycles. The van der Waals surface area contributed by atoms with E-state index >= 15 is 0 Å². The van der Waals surface area contributed by atoms with Gasteiger partial charge in [-0.1, -0.05) is 155 Å². The average molecular weight is 748 g/mol. The van der Waals surface area contributed by atoms with Gasteiger partial charge in [0.25, 0.3) is 0 Å². The highest BCUT2D eigenvalue weighted by molar-refractivity contribution is 6.68. The summed E-state index contributed by atoms with van der Waals surface area (Å²) in [7, 11) is 11.3. The van der Waals surface area contributed by atoms with Crippen LogP contribution in [0, 0.1) is 0 Å². The van der Waals surface area contributed by atoms with Crippen molar-refractivity contribution in [2.24, 2.45) is 0 Å². The van der Waals surface area contributed by atoms with Crippen LogP contribution in [0.3, 0.4) is 0 Å². The maximum atomic E-state index is 6.49. The van der Waals surface area contributed by atoms with Gasteiger partial charge in [-0.3, -0.25) is 4.57 Å². The number of para-hydroxylation sites is 3. The third kappa shape index (κ3) is 5.32. The maximum absolute atomic E-state index is 6.49. The molecule has 59 heavy (non-hydrogen) atoms. The summed E-state index contributed by atoms with van der Waals surface area (Å²) in [4.78, 5) is 5.50. The van der Waals surface area contributed by atoms with Crippen LogP contribution in [0.15, 0.2) is 168 Å². The van der Waals surface area contributed by atoms with Crippen LogP contribution in [0.25, 0.3) is 105 Å². The largest absolute Gasteiger partial charge is 0.456 e. The molecule has 2 heterocycles. The average Bonchev–Trinajstić information content (AvgIpc) is 3.86. The van der Waals surface area contributed by atoms with Crippen LogP contribution in [-0.4, -0.2) is 48.8 Å². The second-order valence-electron chi connectivity index (χ2n) is 16.0. The Morgan fingerprint density at radius 3 is 1.73 bits per heavy atom. The SMILES string of the molecule is Bc1c(B)c(B)c(-n2c(-c3ccccc3-c3c4ccccc4c(-c4cccc5oc6ccccc6c45)c4cc(-c5ccccc5)ccc34)nc3ccccc32)c(B)c1B. The Morgan fingerprint density at radius 1 is 0.407 bits per heavy atom. The van der Waals surface area contributed by atoms with Gasteiger partial charge < -0.3 is 4.42 Å². The minimum absolute atomic E-state index is 0.889. The van der Waals surface area contributed by atoms with Crippen molar-refractivity contribution in [3.63, 3.8) is 0 Å². The van der Waals surface area contributed by atoms with Crippen molar-refractivity contribution >= 4 is 121 Å². The van der Waals surface area contributed by atoms with Crippen LogP contribution >= 0.6 is 0 Å². The topological polar surface area (TPSA) is 31.0 Å². The molecule has 0 aliphatic carbocycles. The number of hydrogen-bond donors (Lipinski definition) is 0. The first-order valence-electron chi connectivity index (χ1n) is 20.5. The normalized spacial score (nSPS) is 11.7. The molecule has 0 fully saturated rings. The van der Waals surface area contributed by atoms with Crippen molar-refractivity contribution in [2.75, 3.05) is 0 Å². The van der Waals surface area contributed by atoms with E-state index < -0.39 is 0 Å². The highest BCUT2D eigenvalue weighted by Crippen LogP contribution is 2.49. The van der Waals surface area contributed by atoms with Crippen LogP contribution in [-0.2, 0) is 0 Å².